The van der Waals surface area contributed by atoms with Crippen LogP contribution in [0.4, 0.5) is 0 Å². The minimum absolute atomic E-state index is 0.638. The lowest BCUT2D eigenvalue weighted by atomic mass is 9.94. The van der Waals surface area contributed by atoms with Crippen molar-refractivity contribution >= 4 is 0 Å². The van der Waals surface area contributed by atoms with Gasteiger partial charge in [-0.25, -0.2) is 0 Å². The van der Waals surface area contributed by atoms with Crippen LogP contribution in [0.25, 0.3) is 0 Å². The average Bonchev–Trinajstić information content (AvgIpc) is 2.78. The van der Waals surface area contributed by atoms with Crippen molar-refractivity contribution in [3.8, 4) is 0 Å². The Kier molecular flexibility index (Phi) is 16.4. The van der Waals surface area contributed by atoms with Crippen LogP contribution >= 0.6 is 0 Å². The second-order valence-corrected chi connectivity index (χ2v) is 13.5. The Morgan fingerprint density at radius 3 is 0.667 bits per heavy atom. The van der Waals surface area contributed by atoms with E-state index in [0.29, 0.717) is 24.2 Å². The summed E-state index contributed by atoms with van der Waals surface area (Å²) in [6.45, 7) is 38.5. The van der Waals surface area contributed by atoms with Crippen molar-refractivity contribution in [1.82, 2.24) is 19.6 Å². The van der Waals surface area contributed by atoms with Crippen molar-refractivity contribution in [2.45, 2.75) is 133 Å². The maximum absolute atomic E-state index is 2.88. The smallest absolute Gasteiger partial charge is 0.0226 e. The Balaban J connectivity index is 3.57. The van der Waals surface area contributed by atoms with Gasteiger partial charge in [-0.1, -0.05) is 83.1 Å². The lowest BCUT2D eigenvalue weighted by Gasteiger charge is -2.47. The molecule has 0 N–H and O–H groups in total. The van der Waals surface area contributed by atoms with E-state index in [1.54, 1.807) is 0 Å². The van der Waals surface area contributed by atoms with Gasteiger partial charge < -0.3 is 0 Å². The van der Waals surface area contributed by atoms with Gasteiger partial charge in [-0.2, -0.15) is 0 Å². The van der Waals surface area contributed by atoms with Crippen molar-refractivity contribution in [3.05, 3.63) is 0 Å². The predicted octanol–water partition coefficient (Wildman–Crippen LogP) is 6.95. The van der Waals surface area contributed by atoms with Gasteiger partial charge in [0.25, 0.3) is 0 Å². The number of hydrogen-bond donors (Lipinski definition) is 0. The molecule has 0 bridgehead atoms. The Morgan fingerprint density at radius 1 is 0.389 bits per heavy atom. The summed E-state index contributed by atoms with van der Waals surface area (Å²) in [5.41, 5.74) is 0. The van der Waals surface area contributed by atoms with Crippen LogP contribution < -0.4 is 0 Å². The largest absolute Gasteiger partial charge is 0.298 e. The monoisotopic (exact) mass is 509 g/mol. The Hall–Kier alpha value is -0.160. The van der Waals surface area contributed by atoms with Crippen LogP contribution in [-0.4, -0.2) is 96.1 Å². The number of likely N-dealkylation sites (N-methyl/N-ethyl adjacent to an activating group) is 4. The van der Waals surface area contributed by atoms with E-state index < -0.39 is 0 Å². The highest BCUT2D eigenvalue weighted by Gasteiger charge is 2.33. The van der Waals surface area contributed by atoms with Gasteiger partial charge in [0.05, 0.1) is 0 Å². The van der Waals surface area contributed by atoms with E-state index in [4.69, 9.17) is 0 Å². The average molecular weight is 509 g/mol. The summed E-state index contributed by atoms with van der Waals surface area (Å²) >= 11 is 0. The zero-order chi connectivity index (χ0) is 27.4. The molecule has 4 atom stereocenters. The third kappa shape index (κ3) is 11.7. The van der Waals surface area contributed by atoms with Crippen molar-refractivity contribution in [2.24, 2.45) is 23.7 Å². The summed E-state index contributed by atoms with van der Waals surface area (Å²) in [6.07, 6.45) is 5.19. The van der Waals surface area contributed by atoms with Gasteiger partial charge in [-0.05, 0) is 75.5 Å². The first-order valence-electron chi connectivity index (χ1n) is 15.9. The van der Waals surface area contributed by atoms with E-state index in [-0.39, 0.29) is 0 Å². The van der Waals surface area contributed by atoms with Gasteiger partial charge in [0.15, 0.2) is 0 Å². The van der Waals surface area contributed by atoms with E-state index in [0.717, 1.165) is 49.9 Å². The molecule has 0 aromatic rings. The SMILES string of the molecule is CCN1C[C@H](CC(C)C)N(CC)C[C@H](CC(C)C)N(CC)C[C@H](CC(C)C)N(CC)C[C@@H]1CC(C)C. The molecule has 4 heteroatoms. The highest BCUT2D eigenvalue weighted by atomic mass is 15.3. The van der Waals surface area contributed by atoms with E-state index in [1.807, 2.05) is 0 Å². The summed E-state index contributed by atoms with van der Waals surface area (Å²) in [5, 5.41) is 0. The molecule has 0 aromatic carbocycles. The van der Waals surface area contributed by atoms with Gasteiger partial charge >= 0.3 is 0 Å². The first-order chi connectivity index (χ1) is 16.9. The standard InChI is InChI=1S/C32H68N4/c1-13-33-21-30(18-26(7)8)35(15-3)23-32(20-28(11)12)36(16-4)24-31(19-27(9)10)34(14-2)22-29(33)17-25(5)6/h25-32H,13-24H2,1-12H3/t29-,30-,31-,32-/m0/s1. The third-order valence-electron chi connectivity index (χ3n) is 8.45. The lowest BCUT2D eigenvalue weighted by molar-refractivity contribution is 0.0180. The Bertz CT molecular complexity index is 450. The summed E-state index contributed by atoms with van der Waals surface area (Å²) in [4.78, 5) is 11.5. The second kappa shape index (κ2) is 17.4. The molecule has 4 nitrogen and oxygen atoms in total. The van der Waals surface area contributed by atoms with Crippen LogP contribution in [0, 0.1) is 23.7 Å². The highest BCUT2D eigenvalue weighted by Crippen LogP contribution is 2.25. The molecule has 1 fully saturated rings. The minimum Gasteiger partial charge on any atom is -0.298 e. The third-order valence-corrected chi connectivity index (χ3v) is 8.45. The number of hydrogen-bond acceptors (Lipinski definition) is 4. The molecule has 1 aliphatic rings. The molecule has 0 amide bonds. The van der Waals surface area contributed by atoms with Crippen LogP contribution in [0.15, 0.2) is 0 Å². The normalized spacial score (nSPS) is 27.3. The minimum atomic E-state index is 0.638. The molecule has 1 heterocycles. The first-order valence-corrected chi connectivity index (χ1v) is 15.9. The molecule has 1 rings (SSSR count). The molecule has 0 aromatic heterocycles. The molecule has 0 aliphatic carbocycles. The van der Waals surface area contributed by atoms with Crippen molar-refractivity contribution in [1.29, 1.82) is 0 Å². The maximum Gasteiger partial charge on any atom is 0.0226 e. The fourth-order valence-electron chi connectivity index (χ4n) is 6.76. The van der Waals surface area contributed by atoms with Gasteiger partial charge in [-0.3, -0.25) is 19.6 Å². The molecular weight excluding hydrogens is 440 g/mol. The lowest BCUT2D eigenvalue weighted by Crippen LogP contribution is -2.58. The van der Waals surface area contributed by atoms with Gasteiger partial charge in [-0.15, -0.1) is 0 Å². The van der Waals surface area contributed by atoms with Crippen LogP contribution in [0.3, 0.4) is 0 Å². The first kappa shape index (κ1) is 33.9. The van der Waals surface area contributed by atoms with Crippen molar-refractivity contribution in [2.75, 3.05) is 52.4 Å². The molecule has 216 valence electrons. The molecule has 36 heavy (non-hydrogen) atoms. The molecule has 0 spiro atoms. The zero-order valence-electron chi connectivity index (χ0n) is 26.9. The number of nitrogens with zero attached hydrogens (tertiary/aromatic N) is 4. The predicted molar refractivity (Wildman–Crippen MR) is 162 cm³/mol. The van der Waals surface area contributed by atoms with E-state index in [1.165, 1.54) is 51.9 Å². The fourth-order valence-corrected chi connectivity index (χ4v) is 6.76. The molecule has 0 saturated carbocycles. The summed E-state index contributed by atoms with van der Waals surface area (Å²) in [7, 11) is 0. The zero-order valence-corrected chi connectivity index (χ0v) is 26.9. The van der Waals surface area contributed by atoms with E-state index >= 15 is 0 Å². The second-order valence-electron chi connectivity index (χ2n) is 13.5. The molecular formula is C32H68N4. The van der Waals surface area contributed by atoms with Gasteiger partial charge in [0, 0.05) is 50.3 Å². The van der Waals surface area contributed by atoms with Crippen LogP contribution in [0.1, 0.15) is 109 Å². The number of rotatable bonds is 12. The maximum atomic E-state index is 2.88. The topological polar surface area (TPSA) is 13.0 Å². The summed E-state index contributed by atoms with van der Waals surface area (Å²) in [5.74, 6) is 2.92. The van der Waals surface area contributed by atoms with Gasteiger partial charge in [0.1, 0.15) is 0 Å². The van der Waals surface area contributed by atoms with Crippen LogP contribution in [0.2, 0.25) is 0 Å². The summed E-state index contributed by atoms with van der Waals surface area (Å²) in [6, 6.07) is 2.55. The van der Waals surface area contributed by atoms with Gasteiger partial charge in [0.2, 0.25) is 0 Å². The fraction of sp³-hybridized carbons (Fsp3) is 1.00. The molecule has 0 unspecified atom stereocenters. The highest BCUT2D eigenvalue weighted by molar-refractivity contribution is 4.90. The Morgan fingerprint density at radius 2 is 0.556 bits per heavy atom. The van der Waals surface area contributed by atoms with Crippen LogP contribution in [0.5, 0.6) is 0 Å². The Labute approximate surface area is 228 Å². The van der Waals surface area contributed by atoms with E-state index in [9.17, 15) is 0 Å². The quantitative estimate of drug-likeness (QED) is 0.283. The molecule has 1 aliphatic heterocycles. The molecule has 1 saturated heterocycles. The van der Waals surface area contributed by atoms with E-state index in [2.05, 4.69) is 103 Å². The van der Waals surface area contributed by atoms with Crippen molar-refractivity contribution < 1.29 is 0 Å². The van der Waals surface area contributed by atoms with Crippen LogP contribution in [-0.2, 0) is 0 Å². The molecule has 0 radical (unpaired) electrons. The summed E-state index contributed by atoms with van der Waals surface area (Å²) < 4.78 is 0. The van der Waals surface area contributed by atoms with Crippen molar-refractivity contribution in [3.63, 3.8) is 0 Å².